The molecule has 2 aromatic carbocycles. The predicted molar refractivity (Wildman–Crippen MR) is 89.5 cm³/mol. The van der Waals surface area contributed by atoms with Crippen molar-refractivity contribution in [2.75, 3.05) is 7.11 Å². The number of fused-ring (bicyclic) bond motifs is 3. The van der Waals surface area contributed by atoms with Gasteiger partial charge in [0.2, 0.25) is 0 Å². The molecule has 0 fully saturated rings. The maximum absolute atomic E-state index is 12.2. The molecule has 0 unspecified atom stereocenters. The minimum absolute atomic E-state index is 0.351. The highest BCUT2D eigenvalue weighted by molar-refractivity contribution is 6.09. The van der Waals surface area contributed by atoms with Gasteiger partial charge < -0.3 is 4.74 Å². The lowest BCUT2D eigenvalue weighted by molar-refractivity contribution is 0.0602. The third-order valence-electron chi connectivity index (χ3n) is 3.99. The summed E-state index contributed by atoms with van der Waals surface area (Å²) in [5.74, 6) is 0.451. The molecule has 0 saturated heterocycles. The van der Waals surface area contributed by atoms with E-state index in [2.05, 4.69) is 4.98 Å². The summed E-state index contributed by atoms with van der Waals surface area (Å²) in [6.45, 7) is 0. The first-order chi connectivity index (χ1) is 11.3. The minimum atomic E-state index is -0.351. The molecule has 4 rings (SSSR count). The number of hydrogen-bond acceptors (Lipinski definition) is 3. The van der Waals surface area contributed by atoms with E-state index >= 15 is 0 Å². The van der Waals surface area contributed by atoms with E-state index in [-0.39, 0.29) is 5.97 Å². The lowest BCUT2D eigenvalue weighted by Crippen LogP contribution is -2.05. The van der Waals surface area contributed by atoms with E-state index in [1.807, 2.05) is 65.2 Å². The average molecular weight is 302 g/mol. The fourth-order valence-corrected chi connectivity index (χ4v) is 2.90. The van der Waals surface area contributed by atoms with Crippen molar-refractivity contribution in [3.05, 3.63) is 72.6 Å². The lowest BCUT2D eigenvalue weighted by atomic mass is 10.1. The molecule has 2 heterocycles. The van der Waals surface area contributed by atoms with Gasteiger partial charge in [-0.05, 0) is 5.39 Å². The van der Waals surface area contributed by atoms with Crippen LogP contribution in [0.15, 0.2) is 67.0 Å². The maximum Gasteiger partial charge on any atom is 0.339 e. The number of carbonyl (C=O) groups excluding carboxylic acids is 1. The zero-order valence-electron chi connectivity index (χ0n) is 12.6. The Morgan fingerprint density at radius 1 is 1.00 bits per heavy atom. The molecule has 0 amide bonds. The Balaban J connectivity index is 2.11. The van der Waals surface area contributed by atoms with Gasteiger partial charge in [-0.25, -0.2) is 9.78 Å². The molecule has 4 aromatic rings. The van der Waals surface area contributed by atoms with Crippen molar-refractivity contribution in [1.82, 2.24) is 9.38 Å². The van der Waals surface area contributed by atoms with Crippen LogP contribution in [-0.2, 0) is 4.74 Å². The first-order valence-corrected chi connectivity index (χ1v) is 7.32. The number of pyridine rings is 1. The van der Waals surface area contributed by atoms with E-state index < -0.39 is 0 Å². The molecule has 0 N–H and O–H groups in total. The van der Waals surface area contributed by atoms with Crippen LogP contribution in [0, 0.1) is 0 Å². The summed E-state index contributed by atoms with van der Waals surface area (Å²) in [4.78, 5) is 16.7. The number of rotatable bonds is 2. The second-order valence-electron chi connectivity index (χ2n) is 5.28. The molecule has 0 saturated carbocycles. The SMILES string of the molecule is COC(=O)c1cn2c(-c3ccccc3)ncc2c2ccccc12. The highest BCUT2D eigenvalue weighted by Gasteiger charge is 2.16. The number of methoxy groups -OCH3 is 1. The van der Waals surface area contributed by atoms with Crippen LogP contribution in [0.25, 0.3) is 27.7 Å². The summed E-state index contributed by atoms with van der Waals surface area (Å²) in [5.41, 5.74) is 2.50. The molecular formula is C19H14N2O2. The van der Waals surface area contributed by atoms with E-state index in [0.29, 0.717) is 5.56 Å². The third-order valence-corrected chi connectivity index (χ3v) is 3.99. The first kappa shape index (κ1) is 13.5. The van der Waals surface area contributed by atoms with Gasteiger partial charge in [0.1, 0.15) is 5.82 Å². The zero-order valence-corrected chi connectivity index (χ0v) is 12.6. The maximum atomic E-state index is 12.2. The lowest BCUT2D eigenvalue weighted by Gasteiger charge is -2.09. The smallest absolute Gasteiger partial charge is 0.339 e. The van der Waals surface area contributed by atoms with Gasteiger partial charge in [0.15, 0.2) is 0 Å². The summed E-state index contributed by atoms with van der Waals surface area (Å²) in [7, 11) is 1.40. The van der Waals surface area contributed by atoms with Crippen LogP contribution < -0.4 is 0 Å². The van der Waals surface area contributed by atoms with Crippen molar-refractivity contribution >= 4 is 22.3 Å². The van der Waals surface area contributed by atoms with Crippen LogP contribution in [0.1, 0.15) is 10.4 Å². The van der Waals surface area contributed by atoms with Crippen LogP contribution in [0.3, 0.4) is 0 Å². The van der Waals surface area contributed by atoms with Gasteiger partial charge in [0.25, 0.3) is 0 Å². The van der Waals surface area contributed by atoms with Crippen molar-refractivity contribution in [2.24, 2.45) is 0 Å². The average Bonchev–Trinajstić information content (AvgIpc) is 3.05. The number of hydrogen-bond donors (Lipinski definition) is 0. The van der Waals surface area contributed by atoms with Crippen molar-refractivity contribution in [3.63, 3.8) is 0 Å². The minimum Gasteiger partial charge on any atom is -0.465 e. The molecule has 0 spiro atoms. The number of ether oxygens (including phenoxy) is 1. The topological polar surface area (TPSA) is 43.6 Å². The van der Waals surface area contributed by atoms with E-state index in [9.17, 15) is 4.79 Å². The van der Waals surface area contributed by atoms with Gasteiger partial charge in [-0.2, -0.15) is 0 Å². The molecule has 0 atom stereocenters. The summed E-state index contributed by atoms with van der Waals surface area (Å²) >= 11 is 0. The summed E-state index contributed by atoms with van der Waals surface area (Å²) in [6.07, 6.45) is 3.64. The molecule has 0 aliphatic rings. The number of nitrogens with zero attached hydrogens (tertiary/aromatic N) is 2. The predicted octanol–water partition coefficient (Wildman–Crippen LogP) is 3.94. The highest BCUT2D eigenvalue weighted by atomic mass is 16.5. The van der Waals surface area contributed by atoms with Crippen LogP contribution in [0.2, 0.25) is 0 Å². The monoisotopic (exact) mass is 302 g/mol. The molecule has 112 valence electrons. The molecule has 4 nitrogen and oxygen atoms in total. The number of imidazole rings is 1. The molecule has 4 heteroatoms. The van der Waals surface area contributed by atoms with Gasteiger partial charge in [-0.1, -0.05) is 54.6 Å². The van der Waals surface area contributed by atoms with Crippen LogP contribution >= 0.6 is 0 Å². The van der Waals surface area contributed by atoms with Crippen molar-refractivity contribution in [1.29, 1.82) is 0 Å². The van der Waals surface area contributed by atoms with Gasteiger partial charge in [-0.15, -0.1) is 0 Å². The molecule has 0 radical (unpaired) electrons. The summed E-state index contributed by atoms with van der Waals surface area (Å²) < 4.78 is 6.89. The van der Waals surface area contributed by atoms with Gasteiger partial charge in [-0.3, -0.25) is 4.40 Å². The zero-order chi connectivity index (χ0) is 15.8. The van der Waals surface area contributed by atoms with Crippen LogP contribution in [-0.4, -0.2) is 22.5 Å². The normalized spacial score (nSPS) is 11.0. The summed E-state index contributed by atoms with van der Waals surface area (Å²) in [6, 6.07) is 17.7. The quantitative estimate of drug-likeness (QED) is 0.527. The Morgan fingerprint density at radius 3 is 2.43 bits per heavy atom. The first-order valence-electron chi connectivity index (χ1n) is 7.32. The Morgan fingerprint density at radius 2 is 1.70 bits per heavy atom. The van der Waals surface area contributed by atoms with Gasteiger partial charge >= 0.3 is 5.97 Å². The number of aromatic nitrogens is 2. The molecule has 0 aliphatic heterocycles. The third kappa shape index (κ3) is 2.07. The number of benzene rings is 2. The largest absolute Gasteiger partial charge is 0.465 e. The van der Waals surface area contributed by atoms with Crippen molar-refractivity contribution < 1.29 is 9.53 Å². The van der Waals surface area contributed by atoms with Crippen LogP contribution in [0.4, 0.5) is 0 Å². The van der Waals surface area contributed by atoms with Gasteiger partial charge in [0, 0.05) is 17.1 Å². The summed E-state index contributed by atoms with van der Waals surface area (Å²) in [5, 5.41) is 1.84. The van der Waals surface area contributed by atoms with Crippen LogP contribution in [0.5, 0.6) is 0 Å². The van der Waals surface area contributed by atoms with E-state index in [4.69, 9.17) is 4.74 Å². The standard InChI is InChI=1S/C19H14N2O2/c1-23-19(22)16-12-21-17(15-10-6-5-9-14(15)16)11-20-18(21)13-7-3-2-4-8-13/h2-12H,1H3. The van der Waals surface area contributed by atoms with Gasteiger partial charge in [0.05, 0.1) is 24.4 Å². The molecular weight excluding hydrogens is 288 g/mol. The van der Waals surface area contributed by atoms with Crippen molar-refractivity contribution in [2.45, 2.75) is 0 Å². The highest BCUT2D eigenvalue weighted by Crippen LogP contribution is 2.28. The Hall–Kier alpha value is -3.14. The fourth-order valence-electron chi connectivity index (χ4n) is 2.90. The van der Waals surface area contributed by atoms with Crippen molar-refractivity contribution in [3.8, 4) is 11.4 Å². The van der Waals surface area contributed by atoms with E-state index in [1.54, 1.807) is 6.20 Å². The van der Waals surface area contributed by atoms with E-state index in [0.717, 1.165) is 27.7 Å². The second kappa shape index (κ2) is 5.25. The molecule has 23 heavy (non-hydrogen) atoms. The number of carbonyl (C=O) groups is 1. The Bertz CT molecular complexity index is 1020. The fraction of sp³-hybridized carbons (Fsp3) is 0.0526. The molecule has 0 aliphatic carbocycles. The molecule has 0 bridgehead atoms. The Labute approximate surface area is 133 Å². The molecule has 2 aromatic heterocycles. The number of esters is 1. The second-order valence-corrected chi connectivity index (χ2v) is 5.28. The van der Waals surface area contributed by atoms with E-state index in [1.165, 1.54) is 7.11 Å². The Kier molecular flexibility index (Phi) is 3.08.